The number of hydrogen-bond donors (Lipinski definition) is 1. The molecule has 1 amide bonds. The molecule has 0 aliphatic carbocycles. The van der Waals surface area contributed by atoms with Crippen LogP contribution in [-0.4, -0.2) is 17.4 Å². The zero-order valence-corrected chi connectivity index (χ0v) is 14.2. The summed E-state index contributed by atoms with van der Waals surface area (Å²) in [4.78, 5) is 22.6. The first-order valence-corrected chi connectivity index (χ1v) is 7.96. The van der Waals surface area contributed by atoms with E-state index in [0.717, 1.165) is 12.0 Å². The van der Waals surface area contributed by atoms with Gasteiger partial charge in [-0.3, -0.25) is 14.9 Å². The highest BCUT2D eigenvalue weighted by Crippen LogP contribution is 2.28. The molecule has 25 heavy (non-hydrogen) atoms. The molecule has 6 nitrogen and oxygen atoms in total. The number of nitrogens with one attached hydrogen (secondary N) is 1. The Kier molecular flexibility index (Phi) is 6.28. The van der Waals surface area contributed by atoms with Gasteiger partial charge in [-0.25, -0.2) is 0 Å². The van der Waals surface area contributed by atoms with Crippen LogP contribution in [0.4, 0.5) is 11.4 Å². The van der Waals surface area contributed by atoms with E-state index in [0.29, 0.717) is 17.9 Å². The number of carbonyl (C=O) groups is 1. The molecule has 0 aromatic heterocycles. The predicted octanol–water partition coefficient (Wildman–Crippen LogP) is 4.34. The van der Waals surface area contributed by atoms with Gasteiger partial charge in [-0.1, -0.05) is 25.1 Å². The highest BCUT2D eigenvalue weighted by Gasteiger charge is 2.15. The van der Waals surface area contributed by atoms with Crippen LogP contribution in [0, 0.1) is 17.0 Å². The number of nitro groups is 1. The molecule has 0 spiro atoms. The van der Waals surface area contributed by atoms with Crippen LogP contribution in [0.25, 0.3) is 6.08 Å². The standard InChI is InChI=1S/C19H20N2O4/c1-3-11-25-18-9-7-15(13-17(18)21(23)24)8-10-19(22)20-16-6-4-5-14(2)12-16/h4-10,12-13H,3,11H2,1-2H3,(H,20,22)/b10-8+. The second-order valence-electron chi connectivity index (χ2n) is 5.52. The quantitative estimate of drug-likeness (QED) is 0.462. The Hall–Kier alpha value is -3.15. The topological polar surface area (TPSA) is 81.5 Å². The molecule has 0 aliphatic heterocycles. The average molecular weight is 340 g/mol. The smallest absolute Gasteiger partial charge is 0.311 e. The molecule has 0 radical (unpaired) electrons. The third-order valence-corrected chi connectivity index (χ3v) is 3.35. The summed E-state index contributed by atoms with van der Waals surface area (Å²) in [5.41, 5.74) is 2.17. The largest absolute Gasteiger partial charge is 0.487 e. The summed E-state index contributed by atoms with van der Waals surface area (Å²) in [6, 6.07) is 12.1. The lowest BCUT2D eigenvalue weighted by atomic mass is 10.1. The fraction of sp³-hybridized carbons (Fsp3) is 0.211. The first-order valence-electron chi connectivity index (χ1n) is 7.96. The second-order valence-corrected chi connectivity index (χ2v) is 5.52. The summed E-state index contributed by atoms with van der Waals surface area (Å²) in [6.45, 7) is 4.28. The van der Waals surface area contributed by atoms with E-state index in [9.17, 15) is 14.9 Å². The van der Waals surface area contributed by atoms with Crippen molar-refractivity contribution < 1.29 is 14.5 Å². The van der Waals surface area contributed by atoms with Gasteiger partial charge in [-0.15, -0.1) is 0 Å². The predicted molar refractivity (Wildman–Crippen MR) is 97.7 cm³/mol. The highest BCUT2D eigenvalue weighted by atomic mass is 16.6. The summed E-state index contributed by atoms with van der Waals surface area (Å²) < 4.78 is 5.37. The van der Waals surface area contributed by atoms with Crippen LogP contribution < -0.4 is 10.1 Å². The van der Waals surface area contributed by atoms with Crippen molar-refractivity contribution in [2.24, 2.45) is 0 Å². The minimum absolute atomic E-state index is 0.116. The second kappa shape index (κ2) is 8.63. The van der Waals surface area contributed by atoms with Gasteiger partial charge in [-0.2, -0.15) is 0 Å². The first kappa shape index (κ1) is 18.2. The van der Waals surface area contributed by atoms with Gasteiger partial charge < -0.3 is 10.1 Å². The average Bonchev–Trinajstić information content (AvgIpc) is 2.58. The maximum atomic E-state index is 12.0. The van der Waals surface area contributed by atoms with E-state index < -0.39 is 4.92 Å². The number of anilines is 1. The molecule has 0 unspecified atom stereocenters. The molecule has 0 heterocycles. The molecule has 0 saturated heterocycles. The van der Waals surface area contributed by atoms with Crippen molar-refractivity contribution in [3.63, 3.8) is 0 Å². The Morgan fingerprint density at radius 2 is 2.08 bits per heavy atom. The van der Waals surface area contributed by atoms with Gasteiger partial charge in [0.2, 0.25) is 5.91 Å². The maximum absolute atomic E-state index is 12.0. The minimum Gasteiger partial charge on any atom is -0.487 e. The normalized spacial score (nSPS) is 10.6. The molecule has 0 atom stereocenters. The molecule has 0 aliphatic rings. The minimum atomic E-state index is -0.491. The number of aryl methyl sites for hydroxylation is 1. The van der Waals surface area contributed by atoms with Gasteiger partial charge in [0.05, 0.1) is 11.5 Å². The summed E-state index contributed by atoms with van der Waals surface area (Å²) in [6.07, 6.45) is 3.63. The molecule has 0 fully saturated rings. The van der Waals surface area contributed by atoms with Crippen LogP contribution in [0.15, 0.2) is 48.5 Å². The van der Waals surface area contributed by atoms with E-state index in [1.807, 2.05) is 32.0 Å². The fourth-order valence-corrected chi connectivity index (χ4v) is 2.19. The van der Waals surface area contributed by atoms with Gasteiger partial charge >= 0.3 is 5.69 Å². The zero-order chi connectivity index (χ0) is 18.2. The van der Waals surface area contributed by atoms with E-state index in [4.69, 9.17) is 4.74 Å². The number of nitrogens with zero attached hydrogens (tertiary/aromatic N) is 1. The summed E-state index contributed by atoms with van der Waals surface area (Å²) in [7, 11) is 0. The van der Waals surface area contributed by atoms with Crippen LogP contribution in [0.2, 0.25) is 0 Å². The summed E-state index contributed by atoms with van der Waals surface area (Å²) >= 11 is 0. The zero-order valence-electron chi connectivity index (χ0n) is 14.2. The Balaban J connectivity index is 2.10. The van der Waals surface area contributed by atoms with Gasteiger partial charge in [0.1, 0.15) is 0 Å². The molecular formula is C19H20N2O4. The Labute approximate surface area is 146 Å². The number of amides is 1. The highest BCUT2D eigenvalue weighted by molar-refractivity contribution is 6.02. The SMILES string of the molecule is CCCOc1ccc(/C=C/C(=O)Nc2cccc(C)c2)cc1[N+](=O)[O-]. The van der Waals surface area contributed by atoms with Crippen molar-refractivity contribution in [3.05, 3.63) is 69.8 Å². The number of hydrogen-bond acceptors (Lipinski definition) is 4. The van der Waals surface area contributed by atoms with E-state index in [1.54, 1.807) is 18.2 Å². The van der Waals surface area contributed by atoms with Crippen molar-refractivity contribution in [2.75, 3.05) is 11.9 Å². The third kappa shape index (κ3) is 5.46. The van der Waals surface area contributed by atoms with Gasteiger partial charge in [0.15, 0.2) is 5.75 Å². The molecule has 0 bridgehead atoms. The number of rotatable bonds is 7. The molecule has 0 saturated carbocycles. The van der Waals surface area contributed by atoms with Gasteiger partial charge in [-0.05, 0) is 48.7 Å². The van der Waals surface area contributed by atoms with E-state index >= 15 is 0 Å². The van der Waals surface area contributed by atoms with E-state index in [1.165, 1.54) is 18.2 Å². The summed E-state index contributed by atoms with van der Waals surface area (Å²) in [5.74, 6) is -0.0761. The van der Waals surface area contributed by atoms with Crippen molar-refractivity contribution in [2.45, 2.75) is 20.3 Å². The molecule has 2 aromatic carbocycles. The number of benzene rings is 2. The van der Waals surface area contributed by atoms with Crippen LogP contribution in [-0.2, 0) is 4.79 Å². The fourth-order valence-electron chi connectivity index (χ4n) is 2.19. The van der Waals surface area contributed by atoms with Crippen LogP contribution in [0.3, 0.4) is 0 Å². The van der Waals surface area contributed by atoms with E-state index in [2.05, 4.69) is 5.32 Å². The third-order valence-electron chi connectivity index (χ3n) is 3.35. The van der Waals surface area contributed by atoms with E-state index in [-0.39, 0.29) is 17.3 Å². The molecule has 6 heteroatoms. The van der Waals surface area contributed by atoms with Crippen LogP contribution >= 0.6 is 0 Å². The number of carbonyl (C=O) groups excluding carboxylic acids is 1. The Morgan fingerprint density at radius 3 is 2.76 bits per heavy atom. The lowest BCUT2D eigenvalue weighted by molar-refractivity contribution is -0.385. The lowest BCUT2D eigenvalue weighted by Gasteiger charge is -2.06. The molecule has 1 N–H and O–H groups in total. The van der Waals surface area contributed by atoms with Crippen molar-refractivity contribution in [3.8, 4) is 5.75 Å². The van der Waals surface area contributed by atoms with Crippen LogP contribution in [0.5, 0.6) is 5.75 Å². The number of nitro benzene ring substituents is 1. The molecule has 2 aromatic rings. The summed E-state index contributed by atoms with van der Waals surface area (Å²) in [5, 5.41) is 13.9. The van der Waals surface area contributed by atoms with Crippen molar-refractivity contribution >= 4 is 23.4 Å². The van der Waals surface area contributed by atoms with Crippen LogP contribution in [0.1, 0.15) is 24.5 Å². The molecule has 2 rings (SSSR count). The van der Waals surface area contributed by atoms with Crippen molar-refractivity contribution in [1.82, 2.24) is 0 Å². The molecule has 130 valence electrons. The van der Waals surface area contributed by atoms with Crippen molar-refractivity contribution in [1.29, 1.82) is 0 Å². The monoisotopic (exact) mass is 340 g/mol. The maximum Gasteiger partial charge on any atom is 0.311 e. The van der Waals surface area contributed by atoms with Gasteiger partial charge in [0.25, 0.3) is 0 Å². The Morgan fingerprint density at radius 1 is 1.28 bits per heavy atom. The van der Waals surface area contributed by atoms with Gasteiger partial charge in [0, 0.05) is 17.8 Å². The first-order chi connectivity index (χ1) is 12.0. The Bertz CT molecular complexity index is 800. The number of ether oxygens (including phenoxy) is 1. The lowest BCUT2D eigenvalue weighted by Crippen LogP contribution is -2.07. The molecular weight excluding hydrogens is 320 g/mol.